The fourth-order valence-corrected chi connectivity index (χ4v) is 4.44. The maximum absolute atomic E-state index is 15.4. The van der Waals surface area contributed by atoms with Gasteiger partial charge in [-0.2, -0.15) is 0 Å². The summed E-state index contributed by atoms with van der Waals surface area (Å²) in [4.78, 5) is 34.3. The maximum Gasteiger partial charge on any atom is 0.341 e. The van der Waals surface area contributed by atoms with Crippen LogP contribution in [-0.4, -0.2) is 44.8 Å². The molecule has 0 bridgehead atoms. The molecule has 1 atom stereocenters. The molecule has 11 heteroatoms. The number of nitrogens with two attached hydrogens (primary N) is 1. The lowest BCUT2D eigenvalue weighted by Crippen LogP contribution is -2.35. The van der Waals surface area contributed by atoms with Crippen molar-refractivity contribution in [3.8, 4) is 11.6 Å². The van der Waals surface area contributed by atoms with E-state index in [4.69, 9.17) is 10.5 Å². The van der Waals surface area contributed by atoms with E-state index < -0.39 is 28.6 Å². The van der Waals surface area contributed by atoms with Crippen LogP contribution < -0.4 is 20.8 Å². The third-order valence-electron chi connectivity index (χ3n) is 6.18. The fourth-order valence-electron chi connectivity index (χ4n) is 4.44. The lowest BCUT2D eigenvalue weighted by molar-refractivity contribution is 0.0695. The van der Waals surface area contributed by atoms with Crippen molar-refractivity contribution in [3.63, 3.8) is 0 Å². The number of pyridine rings is 3. The lowest BCUT2D eigenvalue weighted by atomic mass is 10.1. The summed E-state index contributed by atoms with van der Waals surface area (Å²) in [7, 11) is 0. The van der Waals surface area contributed by atoms with Gasteiger partial charge in [0.05, 0.1) is 29.1 Å². The molecule has 3 N–H and O–H groups in total. The Labute approximate surface area is 203 Å². The molecule has 1 aliphatic heterocycles. The van der Waals surface area contributed by atoms with E-state index >= 15 is 4.39 Å². The standard InChI is InChI=1S/C25H21F2N5O4/c26-18-4-1-7-29-24(18)36-13-15-3-2-8-31(15)21-10-20-16(9-19(21)27)23(33)17(25(34)35)12-32(20)14-5-6-22(28)30-11-14/h1,4-7,9-12,15H,2-3,8,13H2,(H2,28,30)(H,34,35)/t15-/m1/s1. The predicted octanol–water partition coefficient (Wildman–Crippen LogP) is 3.39. The number of carboxylic acid groups (broad SMARTS) is 1. The summed E-state index contributed by atoms with van der Waals surface area (Å²) in [5.41, 5.74) is 5.34. The Hall–Kier alpha value is -4.54. The third kappa shape index (κ3) is 4.19. The van der Waals surface area contributed by atoms with Gasteiger partial charge in [0.25, 0.3) is 0 Å². The van der Waals surface area contributed by atoms with E-state index in [0.29, 0.717) is 24.2 Å². The van der Waals surface area contributed by atoms with Crippen LogP contribution in [0, 0.1) is 11.6 Å². The fraction of sp³-hybridized carbons (Fsp3) is 0.200. The Morgan fingerprint density at radius 1 is 1.19 bits per heavy atom. The van der Waals surface area contributed by atoms with Gasteiger partial charge in [-0.1, -0.05) is 0 Å². The van der Waals surface area contributed by atoms with E-state index in [9.17, 15) is 19.1 Å². The van der Waals surface area contributed by atoms with Gasteiger partial charge >= 0.3 is 5.97 Å². The molecule has 1 aromatic carbocycles. The van der Waals surface area contributed by atoms with Crippen molar-refractivity contribution in [1.29, 1.82) is 0 Å². The van der Waals surface area contributed by atoms with Gasteiger partial charge in [-0.05, 0) is 49.2 Å². The van der Waals surface area contributed by atoms with Crippen LogP contribution in [0.2, 0.25) is 0 Å². The number of rotatable bonds is 6. The molecule has 0 unspecified atom stereocenters. The first-order valence-corrected chi connectivity index (χ1v) is 11.2. The number of halogens is 2. The number of nitrogen functional groups attached to an aromatic ring is 1. The second-order valence-corrected chi connectivity index (χ2v) is 8.40. The zero-order valence-electron chi connectivity index (χ0n) is 18.9. The van der Waals surface area contributed by atoms with Crippen molar-refractivity contribution in [1.82, 2.24) is 14.5 Å². The molecule has 0 amide bonds. The normalized spacial score (nSPS) is 15.4. The smallest absolute Gasteiger partial charge is 0.341 e. The molecular formula is C25H21F2N5O4. The average molecular weight is 493 g/mol. The first-order valence-electron chi connectivity index (χ1n) is 11.2. The highest BCUT2D eigenvalue weighted by atomic mass is 19.1. The van der Waals surface area contributed by atoms with E-state index in [2.05, 4.69) is 9.97 Å². The summed E-state index contributed by atoms with van der Waals surface area (Å²) >= 11 is 0. The average Bonchev–Trinajstić information content (AvgIpc) is 3.32. The van der Waals surface area contributed by atoms with Crippen LogP contribution in [0.1, 0.15) is 23.2 Å². The summed E-state index contributed by atoms with van der Waals surface area (Å²) in [5, 5.41) is 9.46. The van der Waals surface area contributed by atoms with Crippen LogP contribution >= 0.6 is 0 Å². The second-order valence-electron chi connectivity index (χ2n) is 8.40. The van der Waals surface area contributed by atoms with Crippen molar-refractivity contribution < 1.29 is 23.4 Å². The van der Waals surface area contributed by atoms with E-state index in [1.807, 2.05) is 0 Å². The zero-order chi connectivity index (χ0) is 25.4. The van der Waals surface area contributed by atoms with Crippen LogP contribution in [0.4, 0.5) is 20.3 Å². The minimum absolute atomic E-state index is 0.0814. The summed E-state index contributed by atoms with van der Waals surface area (Å²) in [6, 6.07) is 8.15. The summed E-state index contributed by atoms with van der Waals surface area (Å²) in [6.07, 6.45) is 5.48. The number of hydrogen-bond donors (Lipinski definition) is 2. The van der Waals surface area contributed by atoms with Crippen LogP contribution in [-0.2, 0) is 0 Å². The van der Waals surface area contributed by atoms with Crippen molar-refractivity contribution in [2.24, 2.45) is 0 Å². The number of anilines is 2. The number of aromatic nitrogens is 3. The number of carbonyl (C=O) groups is 1. The minimum Gasteiger partial charge on any atom is -0.477 e. The Balaban J connectivity index is 1.59. The van der Waals surface area contributed by atoms with Crippen LogP contribution in [0.25, 0.3) is 16.6 Å². The van der Waals surface area contributed by atoms with Crippen molar-refractivity contribution in [3.05, 3.63) is 82.4 Å². The van der Waals surface area contributed by atoms with Gasteiger partial charge in [-0.3, -0.25) is 4.79 Å². The Morgan fingerprint density at radius 2 is 2.03 bits per heavy atom. The van der Waals surface area contributed by atoms with Gasteiger partial charge in [-0.25, -0.2) is 23.5 Å². The molecule has 0 saturated carbocycles. The molecule has 3 aromatic heterocycles. The Bertz CT molecular complexity index is 1520. The number of ether oxygens (including phenoxy) is 1. The van der Waals surface area contributed by atoms with Gasteiger partial charge in [-0.15, -0.1) is 0 Å². The molecule has 9 nitrogen and oxygen atoms in total. The number of hydrogen-bond acceptors (Lipinski definition) is 7. The van der Waals surface area contributed by atoms with E-state index in [0.717, 1.165) is 12.5 Å². The number of aromatic carboxylic acids is 1. The molecular weight excluding hydrogens is 472 g/mol. The largest absolute Gasteiger partial charge is 0.477 e. The van der Waals surface area contributed by atoms with E-state index in [1.165, 1.54) is 47.4 Å². The van der Waals surface area contributed by atoms with Crippen molar-refractivity contribution in [2.75, 3.05) is 23.8 Å². The molecule has 0 radical (unpaired) electrons. The molecule has 36 heavy (non-hydrogen) atoms. The van der Waals surface area contributed by atoms with Gasteiger partial charge < -0.3 is 25.0 Å². The first-order chi connectivity index (χ1) is 17.3. The van der Waals surface area contributed by atoms with Gasteiger partial charge in [0.2, 0.25) is 11.3 Å². The predicted molar refractivity (Wildman–Crippen MR) is 129 cm³/mol. The molecule has 1 fully saturated rings. The van der Waals surface area contributed by atoms with Gasteiger partial charge in [0.15, 0.2) is 5.82 Å². The number of carboxylic acids is 1. The van der Waals surface area contributed by atoms with Gasteiger partial charge in [0.1, 0.15) is 23.8 Å². The monoisotopic (exact) mass is 493 g/mol. The quantitative estimate of drug-likeness (QED) is 0.419. The number of nitrogens with zero attached hydrogens (tertiary/aromatic N) is 4. The molecule has 0 spiro atoms. The topological polar surface area (TPSA) is 124 Å². The first kappa shape index (κ1) is 23.2. The maximum atomic E-state index is 15.4. The highest BCUT2D eigenvalue weighted by molar-refractivity contribution is 5.94. The second kappa shape index (κ2) is 9.25. The van der Waals surface area contributed by atoms with E-state index in [1.54, 1.807) is 11.0 Å². The summed E-state index contributed by atoms with van der Waals surface area (Å²) in [5.74, 6) is -2.57. The Morgan fingerprint density at radius 3 is 2.75 bits per heavy atom. The van der Waals surface area contributed by atoms with Gasteiger partial charge in [0, 0.05) is 24.3 Å². The number of fused-ring (bicyclic) bond motifs is 1. The molecule has 1 aliphatic rings. The summed E-state index contributed by atoms with van der Waals surface area (Å²) in [6.45, 7) is 0.597. The molecule has 4 aromatic rings. The SMILES string of the molecule is Nc1ccc(-n2cc(C(=O)O)c(=O)c3cc(F)c(N4CCC[C@@H]4COc4ncccc4F)cc32)cn1. The van der Waals surface area contributed by atoms with Crippen molar-refractivity contribution >= 4 is 28.4 Å². The third-order valence-corrected chi connectivity index (χ3v) is 6.18. The highest BCUT2D eigenvalue weighted by Crippen LogP contribution is 2.32. The van der Waals surface area contributed by atoms with Crippen LogP contribution in [0.15, 0.2) is 59.8 Å². The lowest BCUT2D eigenvalue weighted by Gasteiger charge is -2.27. The van der Waals surface area contributed by atoms with Crippen LogP contribution in [0.3, 0.4) is 0 Å². The highest BCUT2D eigenvalue weighted by Gasteiger charge is 2.29. The number of benzene rings is 1. The molecule has 184 valence electrons. The van der Waals surface area contributed by atoms with Crippen LogP contribution in [0.5, 0.6) is 5.88 Å². The molecule has 1 saturated heterocycles. The minimum atomic E-state index is -1.43. The van der Waals surface area contributed by atoms with E-state index in [-0.39, 0.29) is 35.4 Å². The molecule has 0 aliphatic carbocycles. The zero-order valence-corrected chi connectivity index (χ0v) is 18.9. The molecule has 5 rings (SSSR count). The summed E-state index contributed by atoms with van der Waals surface area (Å²) < 4.78 is 36.4. The molecule has 4 heterocycles. The van der Waals surface area contributed by atoms with Crippen molar-refractivity contribution in [2.45, 2.75) is 18.9 Å². The Kier molecular flexibility index (Phi) is 5.96.